The van der Waals surface area contributed by atoms with Gasteiger partial charge in [0.05, 0.1) is 19.7 Å². The molecule has 0 radical (unpaired) electrons. The standard InChI is InChI=1S/C14H26N6O.HI/c1-4-15-14(16-7-8-21)17-11-5-6-12-18-13(10(2)3)19-20(12)9-11;/h10-11,21H,4-9H2,1-3H3,(H2,15,16,17);1H. The van der Waals surface area contributed by atoms with Crippen molar-refractivity contribution >= 4 is 29.9 Å². The Morgan fingerprint density at radius 2 is 2.27 bits per heavy atom. The highest BCUT2D eigenvalue weighted by Crippen LogP contribution is 2.16. The van der Waals surface area contributed by atoms with Gasteiger partial charge < -0.3 is 15.7 Å². The van der Waals surface area contributed by atoms with Gasteiger partial charge in [-0.2, -0.15) is 5.10 Å². The van der Waals surface area contributed by atoms with E-state index < -0.39 is 0 Å². The van der Waals surface area contributed by atoms with Crippen LogP contribution in [0.5, 0.6) is 0 Å². The molecule has 22 heavy (non-hydrogen) atoms. The van der Waals surface area contributed by atoms with Crippen molar-refractivity contribution in [3.63, 3.8) is 0 Å². The van der Waals surface area contributed by atoms with Gasteiger partial charge in [0.2, 0.25) is 0 Å². The number of hydrogen-bond acceptors (Lipinski definition) is 4. The molecule has 1 atom stereocenters. The smallest absolute Gasteiger partial charge is 0.191 e. The molecule has 0 aliphatic carbocycles. The van der Waals surface area contributed by atoms with Crippen molar-refractivity contribution in [1.82, 2.24) is 25.4 Å². The van der Waals surface area contributed by atoms with Gasteiger partial charge in [0.25, 0.3) is 0 Å². The van der Waals surface area contributed by atoms with Gasteiger partial charge in [-0.3, -0.25) is 4.99 Å². The molecule has 126 valence electrons. The molecule has 1 aromatic rings. The first-order valence-electron chi connectivity index (χ1n) is 7.73. The van der Waals surface area contributed by atoms with E-state index in [1.807, 2.05) is 11.6 Å². The molecule has 0 amide bonds. The Hall–Kier alpha value is -0.900. The summed E-state index contributed by atoms with van der Waals surface area (Å²) in [5.74, 6) is 3.11. The fourth-order valence-electron chi connectivity index (χ4n) is 2.37. The van der Waals surface area contributed by atoms with Crippen LogP contribution in [-0.4, -0.2) is 51.6 Å². The van der Waals surface area contributed by atoms with Crippen molar-refractivity contribution in [3.05, 3.63) is 11.6 Å². The lowest BCUT2D eigenvalue weighted by Gasteiger charge is -2.25. The van der Waals surface area contributed by atoms with Crippen LogP contribution in [-0.2, 0) is 13.0 Å². The first-order valence-corrected chi connectivity index (χ1v) is 7.73. The number of guanidine groups is 1. The number of halogens is 1. The van der Waals surface area contributed by atoms with Gasteiger partial charge in [-0.15, -0.1) is 24.0 Å². The zero-order valence-corrected chi connectivity index (χ0v) is 15.9. The summed E-state index contributed by atoms with van der Waals surface area (Å²) in [6.45, 7) is 8.33. The SMILES string of the molecule is CCNC(=NCCO)NC1CCc2nc(C(C)C)nn2C1.I. The van der Waals surface area contributed by atoms with Crippen molar-refractivity contribution < 1.29 is 5.11 Å². The first kappa shape index (κ1) is 19.1. The molecular weight excluding hydrogens is 395 g/mol. The summed E-state index contributed by atoms with van der Waals surface area (Å²) < 4.78 is 2.01. The van der Waals surface area contributed by atoms with E-state index in [1.54, 1.807) is 0 Å². The van der Waals surface area contributed by atoms with Crippen LogP contribution in [0.15, 0.2) is 4.99 Å². The van der Waals surface area contributed by atoms with E-state index in [4.69, 9.17) is 5.11 Å². The van der Waals surface area contributed by atoms with Crippen LogP contribution in [0.3, 0.4) is 0 Å². The molecule has 3 N–H and O–H groups in total. The Morgan fingerprint density at radius 3 is 2.91 bits per heavy atom. The van der Waals surface area contributed by atoms with Crippen molar-refractivity contribution in [2.24, 2.45) is 4.99 Å². The number of fused-ring (bicyclic) bond motifs is 1. The largest absolute Gasteiger partial charge is 0.394 e. The predicted molar refractivity (Wildman–Crippen MR) is 97.8 cm³/mol. The van der Waals surface area contributed by atoms with E-state index in [9.17, 15) is 0 Å². The summed E-state index contributed by atoms with van der Waals surface area (Å²) in [5, 5.41) is 20.1. The Balaban J connectivity index is 0.00000242. The highest BCUT2D eigenvalue weighted by molar-refractivity contribution is 14.0. The molecule has 0 saturated carbocycles. The van der Waals surface area contributed by atoms with Gasteiger partial charge in [-0.1, -0.05) is 13.8 Å². The number of aryl methyl sites for hydroxylation is 1. The van der Waals surface area contributed by atoms with E-state index >= 15 is 0 Å². The number of aromatic nitrogens is 3. The number of rotatable bonds is 5. The quantitative estimate of drug-likeness (QED) is 0.373. The minimum absolute atomic E-state index is 0. The molecule has 1 unspecified atom stereocenters. The molecule has 1 aliphatic heterocycles. The monoisotopic (exact) mass is 422 g/mol. The maximum Gasteiger partial charge on any atom is 0.191 e. The lowest BCUT2D eigenvalue weighted by molar-refractivity contribution is 0.306. The lowest BCUT2D eigenvalue weighted by Crippen LogP contribution is -2.47. The van der Waals surface area contributed by atoms with E-state index in [0.717, 1.165) is 43.5 Å². The normalized spacial score (nSPS) is 17.9. The van der Waals surface area contributed by atoms with Crippen LogP contribution in [0.2, 0.25) is 0 Å². The fraction of sp³-hybridized carbons (Fsp3) is 0.786. The third-order valence-electron chi connectivity index (χ3n) is 3.45. The number of hydrogen-bond donors (Lipinski definition) is 3. The van der Waals surface area contributed by atoms with Crippen LogP contribution in [0, 0.1) is 0 Å². The third-order valence-corrected chi connectivity index (χ3v) is 3.45. The molecule has 0 saturated heterocycles. The highest BCUT2D eigenvalue weighted by atomic mass is 127. The molecule has 0 bridgehead atoms. The topological polar surface area (TPSA) is 87.4 Å². The minimum atomic E-state index is 0. The van der Waals surface area contributed by atoms with Crippen LogP contribution < -0.4 is 10.6 Å². The van der Waals surface area contributed by atoms with Crippen molar-refractivity contribution in [3.8, 4) is 0 Å². The van der Waals surface area contributed by atoms with Gasteiger partial charge in [0.15, 0.2) is 11.8 Å². The summed E-state index contributed by atoms with van der Waals surface area (Å²) in [5.41, 5.74) is 0. The molecule has 2 heterocycles. The average Bonchev–Trinajstić information content (AvgIpc) is 2.88. The number of nitrogens with one attached hydrogen (secondary N) is 2. The lowest BCUT2D eigenvalue weighted by atomic mass is 10.1. The zero-order chi connectivity index (χ0) is 15.2. The molecular formula is C14H27IN6O. The molecule has 7 nitrogen and oxygen atoms in total. The van der Waals surface area contributed by atoms with Crippen molar-refractivity contribution in [2.45, 2.75) is 52.1 Å². The van der Waals surface area contributed by atoms with E-state index in [2.05, 4.69) is 39.6 Å². The van der Waals surface area contributed by atoms with Gasteiger partial charge >= 0.3 is 0 Å². The van der Waals surface area contributed by atoms with Crippen LogP contribution >= 0.6 is 24.0 Å². The Labute approximate surface area is 149 Å². The number of aliphatic hydroxyl groups excluding tert-OH is 1. The highest BCUT2D eigenvalue weighted by Gasteiger charge is 2.22. The summed E-state index contributed by atoms with van der Waals surface area (Å²) in [6, 6.07) is 0.288. The molecule has 1 aliphatic rings. The van der Waals surface area contributed by atoms with E-state index in [0.29, 0.717) is 12.5 Å². The molecule has 2 rings (SSSR count). The average molecular weight is 422 g/mol. The van der Waals surface area contributed by atoms with Gasteiger partial charge in [0.1, 0.15) is 5.82 Å². The second kappa shape index (κ2) is 9.29. The van der Waals surface area contributed by atoms with Gasteiger partial charge in [0, 0.05) is 24.9 Å². The zero-order valence-electron chi connectivity index (χ0n) is 13.5. The number of nitrogens with zero attached hydrogens (tertiary/aromatic N) is 4. The second-order valence-electron chi connectivity index (χ2n) is 5.59. The third kappa shape index (κ3) is 5.08. The van der Waals surface area contributed by atoms with E-state index in [1.165, 1.54) is 0 Å². The van der Waals surface area contributed by atoms with Gasteiger partial charge in [-0.25, -0.2) is 9.67 Å². The second-order valence-corrected chi connectivity index (χ2v) is 5.59. The number of aliphatic hydroxyl groups is 1. The summed E-state index contributed by atoms with van der Waals surface area (Å²) in [7, 11) is 0. The summed E-state index contributed by atoms with van der Waals surface area (Å²) in [6.07, 6.45) is 1.94. The van der Waals surface area contributed by atoms with Crippen molar-refractivity contribution in [1.29, 1.82) is 0 Å². The maximum absolute atomic E-state index is 8.89. The Bertz CT molecular complexity index is 488. The Kier molecular flexibility index (Phi) is 8.08. The molecule has 8 heteroatoms. The summed E-state index contributed by atoms with van der Waals surface area (Å²) in [4.78, 5) is 8.91. The van der Waals surface area contributed by atoms with Crippen LogP contribution in [0.1, 0.15) is 44.8 Å². The Morgan fingerprint density at radius 1 is 1.50 bits per heavy atom. The van der Waals surface area contributed by atoms with Crippen LogP contribution in [0.25, 0.3) is 0 Å². The molecule has 1 aromatic heterocycles. The van der Waals surface area contributed by atoms with Crippen LogP contribution in [0.4, 0.5) is 0 Å². The number of aliphatic imine (C=N–C) groups is 1. The molecule has 0 spiro atoms. The fourth-order valence-corrected chi connectivity index (χ4v) is 2.37. The summed E-state index contributed by atoms with van der Waals surface area (Å²) >= 11 is 0. The predicted octanol–water partition coefficient (Wildman–Crippen LogP) is 0.882. The first-order chi connectivity index (χ1) is 10.1. The minimum Gasteiger partial charge on any atom is -0.394 e. The van der Waals surface area contributed by atoms with Crippen molar-refractivity contribution in [2.75, 3.05) is 19.7 Å². The molecule has 0 fully saturated rings. The van der Waals surface area contributed by atoms with E-state index in [-0.39, 0.29) is 36.6 Å². The van der Waals surface area contributed by atoms with Gasteiger partial charge in [-0.05, 0) is 13.3 Å². The maximum atomic E-state index is 8.89. The molecule has 0 aromatic carbocycles.